The van der Waals surface area contributed by atoms with Crippen molar-refractivity contribution >= 4 is 35.1 Å². The van der Waals surface area contributed by atoms with E-state index in [1.165, 1.54) is 24.3 Å². The van der Waals surface area contributed by atoms with E-state index in [1.54, 1.807) is 0 Å². The normalized spacial score (nSPS) is 15.9. The number of benzene rings is 2. The topological polar surface area (TPSA) is 207 Å². The van der Waals surface area contributed by atoms with Gasteiger partial charge in [-0.25, -0.2) is 0 Å². The van der Waals surface area contributed by atoms with Crippen LogP contribution in [-0.2, 0) is 20.8 Å². The van der Waals surface area contributed by atoms with E-state index < -0.39 is 28.8 Å². The third kappa shape index (κ3) is 9.38. The van der Waals surface area contributed by atoms with Gasteiger partial charge in [0, 0.05) is 30.8 Å². The number of nitrogens with zero attached hydrogens (tertiary/aromatic N) is 2. The number of hydrogen-bond acceptors (Lipinski definition) is 7. The molecule has 0 unspecified atom stereocenters. The highest BCUT2D eigenvalue weighted by Crippen LogP contribution is 2.16. The van der Waals surface area contributed by atoms with Crippen LogP contribution in [0.4, 0.5) is 11.4 Å². The first-order valence-corrected chi connectivity index (χ1v) is 12.7. The first-order chi connectivity index (χ1) is 18.7. The number of anilines is 1. The monoisotopic (exact) mass is 538 g/mol. The van der Waals surface area contributed by atoms with Crippen molar-refractivity contribution in [3.63, 3.8) is 0 Å². The third-order valence-electron chi connectivity index (χ3n) is 6.22. The summed E-state index contributed by atoms with van der Waals surface area (Å²) >= 11 is 0. The third-order valence-corrected chi connectivity index (χ3v) is 6.22. The van der Waals surface area contributed by atoms with E-state index in [4.69, 9.17) is 11.5 Å². The highest BCUT2D eigenvalue weighted by Gasteiger charge is 2.30. The van der Waals surface area contributed by atoms with E-state index in [1.807, 2.05) is 30.3 Å². The predicted molar refractivity (Wildman–Crippen MR) is 147 cm³/mol. The quantitative estimate of drug-likeness (QED) is 0.0696. The average Bonchev–Trinajstić information content (AvgIpc) is 3.46. The second-order valence-electron chi connectivity index (χ2n) is 9.20. The fourth-order valence-corrected chi connectivity index (χ4v) is 4.18. The van der Waals surface area contributed by atoms with Crippen LogP contribution in [0.2, 0.25) is 0 Å². The van der Waals surface area contributed by atoms with Crippen molar-refractivity contribution in [2.45, 2.75) is 50.2 Å². The SMILES string of the molecule is NC(N)=NCCC[C@H](NC(=O)[C@@H](Cc1ccccc1)NC(=O)[C@H]1CCCN1)C(=O)Nc1ccc([N+](=O)[O-])cc1. The molecule has 0 saturated carbocycles. The summed E-state index contributed by atoms with van der Waals surface area (Å²) in [5.41, 5.74) is 11.8. The molecule has 0 bridgehead atoms. The van der Waals surface area contributed by atoms with Crippen molar-refractivity contribution < 1.29 is 19.3 Å². The number of rotatable bonds is 13. The molecule has 3 atom stereocenters. The summed E-state index contributed by atoms with van der Waals surface area (Å²) in [4.78, 5) is 53.8. The zero-order valence-corrected chi connectivity index (χ0v) is 21.5. The minimum atomic E-state index is -0.985. The van der Waals surface area contributed by atoms with Crippen LogP contribution in [0.5, 0.6) is 0 Å². The molecule has 39 heavy (non-hydrogen) atoms. The molecule has 3 rings (SSSR count). The van der Waals surface area contributed by atoms with Gasteiger partial charge in [-0.05, 0) is 49.9 Å². The Kier molecular flexibility index (Phi) is 10.7. The number of carbonyl (C=O) groups excluding carboxylic acids is 3. The zero-order valence-electron chi connectivity index (χ0n) is 21.5. The molecule has 1 heterocycles. The number of nitro benzene ring substituents is 1. The molecule has 0 aliphatic carbocycles. The lowest BCUT2D eigenvalue weighted by Gasteiger charge is -2.24. The zero-order chi connectivity index (χ0) is 28.2. The van der Waals surface area contributed by atoms with Gasteiger partial charge in [0.25, 0.3) is 5.69 Å². The molecule has 208 valence electrons. The summed E-state index contributed by atoms with van der Waals surface area (Å²) < 4.78 is 0. The molecule has 1 aliphatic rings. The molecular formula is C26H34N8O5. The largest absolute Gasteiger partial charge is 0.370 e. The number of hydrogen-bond donors (Lipinski definition) is 6. The van der Waals surface area contributed by atoms with E-state index in [2.05, 4.69) is 26.3 Å². The molecule has 13 nitrogen and oxygen atoms in total. The van der Waals surface area contributed by atoms with Gasteiger partial charge in [-0.15, -0.1) is 0 Å². The molecule has 1 aliphatic heterocycles. The minimum Gasteiger partial charge on any atom is -0.370 e. The fourth-order valence-electron chi connectivity index (χ4n) is 4.18. The molecule has 0 aromatic heterocycles. The number of nitrogens with one attached hydrogen (secondary N) is 4. The number of guanidine groups is 1. The van der Waals surface area contributed by atoms with Crippen molar-refractivity contribution in [3.8, 4) is 0 Å². The first-order valence-electron chi connectivity index (χ1n) is 12.7. The Labute approximate surface area is 226 Å². The van der Waals surface area contributed by atoms with Crippen molar-refractivity contribution in [2.75, 3.05) is 18.4 Å². The summed E-state index contributed by atoms with van der Waals surface area (Å²) in [6.45, 7) is 0.978. The van der Waals surface area contributed by atoms with Gasteiger partial charge in [0.15, 0.2) is 5.96 Å². The van der Waals surface area contributed by atoms with Crippen LogP contribution in [0.3, 0.4) is 0 Å². The van der Waals surface area contributed by atoms with Crippen LogP contribution < -0.4 is 32.7 Å². The maximum atomic E-state index is 13.5. The van der Waals surface area contributed by atoms with Crippen molar-refractivity contribution in [1.82, 2.24) is 16.0 Å². The standard InChI is InChI=1S/C26H34N8O5/c27-26(28)30-15-5-9-21(24(36)31-18-10-12-19(13-11-18)34(38)39)32-25(37)22(16-17-6-2-1-3-7-17)33-23(35)20-8-4-14-29-20/h1-3,6-7,10-13,20-22,29H,4-5,8-9,14-16H2,(H,31,36)(H,32,37)(H,33,35)(H4,27,28,30)/t20-,21+,22-/m1/s1. The molecule has 8 N–H and O–H groups in total. The van der Waals surface area contributed by atoms with Crippen molar-refractivity contribution in [3.05, 3.63) is 70.3 Å². The number of amides is 3. The minimum absolute atomic E-state index is 0.0860. The predicted octanol–water partition coefficient (Wildman–Crippen LogP) is 0.551. The Hall–Kier alpha value is -4.52. The molecule has 13 heteroatoms. The van der Waals surface area contributed by atoms with Gasteiger partial charge >= 0.3 is 0 Å². The lowest BCUT2D eigenvalue weighted by molar-refractivity contribution is -0.384. The molecule has 1 saturated heterocycles. The molecule has 3 amide bonds. The number of carbonyl (C=O) groups is 3. The summed E-state index contributed by atoms with van der Waals surface area (Å²) in [7, 11) is 0. The number of nitrogens with two attached hydrogens (primary N) is 2. The van der Waals surface area contributed by atoms with Crippen LogP contribution in [-0.4, -0.2) is 59.8 Å². The van der Waals surface area contributed by atoms with Crippen molar-refractivity contribution in [1.29, 1.82) is 0 Å². The lowest BCUT2D eigenvalue weighted by Crippen LogP contribution is -2.55. The maximum Gasteiger partial charge on any atom is 0.269 e. The van der Waals surface area contributed by atoms with Gasteiger partial charge in [-0.1, -0.05) is 30.3 Å². The van der Waals surface area contributed by atoms with Gasteiger partial charge < -0.3 is 32.7 Å². The Balaban J connectivity index is 1.75. The van der Waals surface area contributed by atoms with Crippen LogP contribution >= 0.6 is 0 Å². The van der Waals surface area contributed by atoms with Crippen LogP contribution in [0.25, 0.3) is 0 Å². The molecule has 2 aromatic rings. The molecule has 1 fully saturated rings. The van der Waals surface area contributed by atoms with Gasteiger partial charge in [0.2, 0.25) is 17.7 Å². The summed E-state index contributed by atoms with van der Waals surface area (Å²) in [5, 5.41) is 22.3. The van der Waals surface area contributed by atoms with E-state index >= 15 is 0 Å². The Morgan fingerprint density at radius 1 is 1.03 bits per heavy atom. The Morgan fingerprint density at radius 2 is 1.74 bits per heavy atom. The van der Waals surface area contributed by atoms with E-state index in [9.17, 15) is 24.5 Å². The smallest absolute Gasteiger partial charge is 0.269 e. The second kappa shape index (κ2) is 14.4. The molecule has 2 aromatic carbocycles. The molecular weight excluding hydrogens is 504 g/mol. The highest BCUT2D eigenvalue weighted by molar-refractivity contribution is 5.98. The van der Waals surface area contributed by atoms with Gasteiger partial charge in [0.05, 0.1) is 11.0 Å². The first kappa shape index (κ1) is 29.0. The summed E-state index contributed by atoms with van der Waals surface area (Å²) in [6.07, 6.45) is 2.37. The van der Waals surface area contributed by atoms with Crippen LogP contribution in [0.1, 0.15) is 31.2 Å². The van der Waals surface area contributed by atoms with Crippen LogP contribution in [0, 0.1) is 10.1 Å². The molecule has 0 spiro atoms. The fraction of sp³-hybridized carbons (Fsp3) is 0.385. The van der Waals surface area contributed by atoms with E-state index in [-0.39, 0.29) is 43.0 Å². The van der Waals surface area contributed by atoms with E-state index in [0.717, 1.165) is 18.5 Å². The Bertz CT molecular complexity index is 1160. The number of non-ortho nitro benzene ring substituents is 1. The van der Waals surface area contributed by atoms with Gasteiger partial charge in [0.1, 0.15) is 12.1 Å². The summed E-state index contributed by atoms with van der Waals surface area (Å²) in [5.74, 6) is -1.40. The highest BCUT2D eigenvalue weighted by atomic mass is 16.6. The average molecular weight is 539 g/mol. The van der Waals surface area contributed by atoms with Crippen molar-refractivity contribution in [2.24, 2.45) is 16.5 Å². The maximum absolute atomic E-state index is 13.5. The lowest BCUT2D eigenvalue weighted by atomic mass is 10.0. The summed E-state index contributed by atoms with van der Waals surface area (Å²) in [6, 6.07) is 12.3. The van der Waals surface area contributed by atoms with Gasteiger partial charge in [-0.2, -0.15) is 0 Å². The Morgan fingerprint density at radius 3 is 2.36 bits per heavy atom. The molecule has 0 radical (unpaired) electrons. The number of aliphatic imine (C=N–C) groups is 1. The van der Waals surface area contributed by atoms with Crippen LogP contribution in [0.15, 0.2) is 59.6 Å². The van der Waals surface area contributed by atoms with E-state index in [0.29, 0.717) is 18.5 Å². The van der Waals surface area contributed by atoms with Gasteiger partial charge in [-0.3, -0.25) is 29.5 Å². The second-order valence-corrected chi connectivity index (χ2v) is 9.20. The number of nitro groups is 1.